The summed E-state index contributed by atoms with van der Waals surface area (Å²) in [5.41, 5.74) is 0.0780. The van der Waals surface area contributed by atoms with Crippen LogP contribution >= 0.6 is 0 Å². The van der Waals surface area contributed by atoms with Crippen LogP contribution in [0, 0.1) is 0 Å². The number of carboxylic acid groups (broad SMARTS) is 2. The molecule has 0 unspecified atom stereocenters. The predicted molar refractivity (Wildman–Crippen MR) is 102 cm³/mol. The van der Waals surface area contributed by atoms with E-state index in [4.69, 9.17) is 10.2 Å². The highest BCUT2D eigenvalue weighted by atomic mass is 32.2. The van der Waals surface area contributed by atoms with Gasteiger partial charge in [0.25, 0.3) is 10.0 Å². The minimum atomic E-state index is -4.13. The monoisotopic (exact) mass is 435 g/mol. The van der Waals surface area contributed by atoms with E-state index in [-0.39, 0.29) is 41.1 Å². The Bertz CT molecular complexity index is 1090. The van der Waals surface area contributed by atoms with Gasteiger partial charge in [-0.25, -0.2) is 17.9 Å². The second kappa shape index (κ2) is 9.60. The van der Waals surface area contributed by atoms with E-state index in [1.54, 1.807) is 0 Å². The van der Waals surface area contributed by atoms with E-state index in [0.29, 0.717) is 0 Å². The SMILES string of the molecule is O=C(O)CCCC(=O)NS(=O)(=O)c1ccc(N=Nc2ccc(O)c(C(=O)O)c2)cc1. The number of carbonyl (C=O) groups excluding carboxylic acids is 1. The highest BCUT2D eigenvalue weighted by Crippen LogP contribution is 2.25. The molecule has 158 valence electrons. The normalized spacial score (nSPS) is 11.3. The van der Waals surface area contributed by atoms with Crippen molar-refractivity contribution in [1.82, 2.24) is 4.72 Å². The number of nitrogens with one attached hydrogen (secondary N) is 1. The molecule has 0 aromatic heterocycles. The minimum Gasteiger partial charge on any atom is -0.507 e. The molecule has 12 heteroatoms. The lowest BCUT2D eigenvalue weighted by molar-refractivity contribution is -0.137. The van der Waals surface area contributed by atoms with Gasteiger partial charge in [-0.1, -0.05) is 0 Å². The highest BCUT2D eigenvalue weighted by Gasteiger charge is 2.17. The van der Waals surface area contributed by atoms with Crippen LogP contribution in [0.25, 0.3) is 0 Å². The molecule has 0 aliphatic rings. The van der Waals surface area contributed by atoms with Crippen molar-refractivity contribution in [3.63, 3.8) is 0 Å². The molecule has 30 heavy (non-hydrogen) atoms. The topological polar surface area (TPSA) is 183 Å². The molecule has 0 aliphatic carbocycles. The fraction of sp³-hybridized carbons (Fsp3) is 0.167. The van der Waals surface area contributed by atoms with E-state index in [1.165, 1.54) is 30.3 Å². The number of phenols is 1. The molecule has 0 aliphatic heterocycles. The summed E-state index contributed by atoms with van der Waals surface area (Å²) >= 11 is 0. The molecular weight excluding hydrogens is 418 g/mol. The number of aliphatic carboxylic acids is 1. The van der Waals surface area contributed by atoms with Gasteiger partial charge in [-0.3, -0.25) is 9.59 Å². The van der Waals surface area contributed by atoms with Gasteiger partial charge in [0.1, 0.15) is 11.3 Å². The molecule has 0 atom stereocenters. The summed E-state index contributed by atoms with van der Waals surface area (Å²) in [7, 11) is -4.13. The quantitative estimate of drug-likeness (QED) is 0.433. The van der Waals surface area contributed by atoms with Crippen molar-refractivity contribution in [3.8, 4) is 5.75 Å². The van der Waals surface area contributed by atoms with Crippen LogP contribution in [-0.4, -0.2) is 41.6 Å². The summed E-state index contributed by atoms with van der Waals surface area (Å²) in [4.78, 5) is 32.9. The van der Waals surface area contributed by atoms with E-state index in [0.717, 1.165) is 12.1 Å². The summed E-state index contributed by atoms with van der Waals surface area (Å²) in [5.74, 6) is -3.64. The number of carboxylic acids is 2. The molecule has 11 nitrogen and oxygen atoms in total. The number of azo groups is 1. The minimum absolute atomic E-state index is 0.0108. The predicted octanol–water partition coefficient (Wildman–Crippen LogP) is 2.57. The third-order valence-corrected chi connectivity index (χ3v) is 5.07. The second-order valence-corrected chi connectivity index (χ2v) is 7.66. The van der Waals surface area contributed by atoms with E-state index < -0.39 is 33.6 Å². The standard InChI is InChI=1S/C18H17N3O8S/c22-15-9-6-12(10-14(15)18(26)27)20-19-11-4-7-13(8-5-11)30(28,29)21-16(23)2-1-3-17(24)25/h4-10,22H,1-3H2,(H,21,23)(H,24,25)(H,26,27). The number of sulfonamides is 1. The molecule has 1 amide bonds. The number of nitrogens with zero attached hydrogens (tertiary/aromatic N) is 2. The fourth-order valence-corrected chi connectivity index (χ4v) is 3.24. The Morgan fingerprint density at radius 2 is 1.50 bits per heavy atom. The van der Waals surface area contributed by atoms with Gasteiger partial charge in [0.15, 0.2) is 0 Å². The molecule has 0 bridgehead atoms. The second-order valence-electron chi connectivity index (χ2n) is 5.98. The number of aromatic hydroxyl groups is 1. The summed E-state index contributed by atoms with van der Waals surface area (Å²) in [6, 6.07) is 8.68. The molecule has 0 saturated heterocycles. The zero-order valence-electron chi connectivity index (χ0n) is 15.3. The lowest BCUT2D eigenvalue weighted by Crippen LogP contribution is -2.30. The number of amides is 1. The Morgan fingerprint density at radius 1 is 0.900 bits per heavy atom. The first-order valence-electron chi connectivity index (χ1n) is 8.44. The van der Waals surface area contributed by atoms with Crippen LogP contribution in [0.3, 0.4) is 0 Å². The Morgan fingerprint density at radius 3 is 2.10 bits per heavy atom. The van der Waals surface area contributed by atoms with Crippen molar-refractivity contribution in [2.24, 2.45) is 10.2 Å². The maximum atomic E-state index is 12.2. The van der Waals surface area contributed by atoms with Gasteiger partial charge in [0.05, 0.1) is 16.3 Å². The van der Waals surface area contributed by atoms with Crippen molar-refractivity contribution in [2.45, 2.75) is 24.2 Å². The van der Waals surface area contributed by atoms with Crippen molar-refractivity contribution < 1.29 is 38.1 Å². The van der Waals surface area contributed by atoms with Gasteiger partial charge >= 0.3 is 11.9 Å². The van der Waals surface area contributed by atoms with Crippen LogP contribution in [0.4, 0.5) is 11.4 Å². The fourth-order valence-electron chi connectivity index (χ4n) is 2.22. The Kier molecular flexibility index (Phi) is 7.20. The molecule has 0 fully saturated rings. The van der Waals surface area contributed by atoms with Crippen molar-refractivity contribution in [1.29, 1.82) is 0 Å². The molecule has 4 N–H and O–H groups in total. The smallest absolute Gasteiger partial charge is 0.339 e. The summed E-state index contributed by atoms with van der Waals surface area (Å²) in [6.45, 7) is 0. The highest BCUT2D eigenvalue weighted by molar-refractivity contribution is 7.90. The summed E-state index contributed by atoms with van der Waals surface area (Å²) < 4.78 is 26.2. The molecule has 0 saturated carbocycles. The Labute approximate surface area is 170 Å². The number of benzene rings is 2. The Hall–Kier alpha value is -3.80. The van der Waals surface area contributed by atoms with E-state index in [9.17, 15) is 27.9 Å². The molecule has 0 heterocycles. The summed E-state index contributed by atoms with van der Waals surface area (Å²) in [6.07, 6.45) is -0.484. The van der Waals surface area contributed by atoms with E-state index in [1.807, 2.05) is 4.72 Å². The average molecular weight is 435 g/mol. The van der Waals surface area contributed by atoms with Gasteiger partial charge in [-0.05, 0) is 48.9 Å². The molecule has 0 spiro atoms. The number of hydrogen-bond acceptors (Lipinski definition) is 8. The number of hydrogen-bond donors (Lipinski definition) is 4. The lowest BCUT2D eigenvalue weighted by Gasteiger charge is -2.06. The van der Waals surface area contributed by atoms with Crippen LogP contribution in [-0.2, 0) is 19.6 Å². The van der Waals surface area contributed by atoms with Crippen molar-refractivity contribution in [2.75, 3.05) is 0 Å². The third kappa shape index (κ3) is 6.38. The lowest BCUT2D eigenvalue weighted by atomic mass is 10.2. The van der Waals surface area contributed by atoms with Gasteiger partial charge in [-0.2, -0.15) is 10.2 Å². The number of carbonyl (C=O) groups is 3. The molecular formula is C18H17N3O8S. The molecule has 2 aromatic carbocycles. The van der Waals surface area contributed by atoms with Crippen LogP contribution in [0.5, 0.6) is 5.75 Å². The average Bonchev–Trinajstić information content (AvgIpc) is 2.66. The van der Waals surface area contributed by atoms with Crippen LogP contribution in [0.2, 0.25) is 0 Å². The first-order chi connectivity index (χ1) is 14.1. The van der Waals surface area contributed by atoms with Gasteiger partial charge in [0.2, 0.25) is 5.91 Å². The number of rotatable bonds is 9. The van der Waals surface area contributed by atoms with Crippen molar-refractivity contribution >= 4 is 39.2 Å². The zero-order chi connectivity index (χ0) is 22.3. The number of aromatic carboxylic acids is 1. The molecule has 2 aromatic rings. The van der Waals surface area contributed by atoms with Gasteiger partial charge in [-0.15, -0.1) is 0 Å². The van der Waals surface area contributed by atoms with E-state index >= 15 is 0 Å². The van der Waals surface area contributed by atoms with Crippen LogP contribution in [0.15, 0.2) is 57.6 Å². The van der Waals surface area contributed by atoms with Crippen molar-refractivity contribution in [3.05, 3.63) is 48.0 Å². The maximum Gasteiger partial charge on any atom is 0.339 e. The first kappa shape index (κ1) is 22.5. The summed E-state index contributed by atoms with van der Waals surface area (Å²) in [5, 5.41) is 34.7. The zero-order valence-corrected chi connectivity index (χ0v) is 16.2. The molecule has 0 radical (unpaired) electrons. The largest absolute Gasteiger partial charge is 0.507 e. The van der Waals surface area contributed by atoms with Gasteiger partial charge in [0, 0.05) is 12.8 Å². The maximum absolute atomic E-state index is 12.2. The molecule has 2 rings (SSSR count). The van der Waals surface area contributed by atoms with E-state index in [2.05, 4.69) is 10.2 Å². The first-order valence-corrected chi connectivity index (χ1v) is 9.92. The van der Waals surface area contributed by atoms with Gasteiger partial charge < -0.3 is 15.3 Å². The Balaban J connectivity index is 2.06. The third-order valence-electron chi connectivity index (χ3n) is 3.68. The van der Waals surface area contributed by atoms with Crippen LogP contribution < -0.4 is 4.72 Å². The van der Waals surface area contributed by atoms with Crippen LogP contribution in [0.1, 0.15) is 29.6 Å².